The van der Waals surface area contributed by atoms with Crippen LogP contribution in [0.2, 0.25) is 0 Å². The Morgan fingerprint density at radius 2 is 1.81 bits per heavy atom. The van der Waals surface area contributed by atoms with Crippen LogP contribution in [0.5, 0.6) is 0 Å². The van der Waals surface area contributed by atoms with E-state index in [1.807, 2.05) is 49.3 Å². The summed E-state index contributed by atoms with van der Waals surface area (Å²) in [6.45, 7) is 0.753. The van der Waals surface area contributed by atoms with Gasteiger partial charge in [-0.15, -0.1) is 0 Å². The van der Waals surface area contributed by atoms with Gasteiger partial charge in [-0.05, 0) is 54.0 Å². The van der Waals surface area contributed by atoms with Gasteiger partial charge < -0.3 is 15.5 Å². The molecule has 1 aliphatic rings. The van der Waals surface area contributed by atoms with E-state index in [0.29, 0.717) is 24.3 Å². The lowest BCUT2D eigenvalue weighted by atomic mass is 9.86. The second-order valence-electron chi connectivity index (χ2n) is 8.61. The number of aromatic nitrogens is 2. The fourth-order valence-electron chi connectivity index (χ4n) is 4.30. The van der Waals surface area contributed by atoms with Gasteiger partial charge in [0.1, 0.15) is 5.82 Å². The number of hydrogen-bond acceptors (Lipinski definition) is 5. The highest BCUT2D eigenvalue weighted by atomic mass is 16.1. The summed E-state index contributed by atoms with van der Waals surface area (Å²) in [7, 11) is 3.96. The van der Waals surface area contributed by atoms with Crippen LogP contribution in [0, 0.1) is 5.92 Å². The van der Waals surface area contributed by atoms with Gasteiger partial charge in [0.05, 0.1) is 6.42 Å². The van der Waals surface area contributed by atoms with Crippen LogP contribution in [0.1, 0.15) is 31.2 Å². The number of amides is 1. The first kappa shape index (κ1) is 21.1. The normalized spacial score (nSPS) is 18.5. The molecule has 0 radical (unpaired) electrons. The van der Waals surface area contributed by atoms with E-state index in [4.69, 9.17) is 0 Å². The SMILES string of the molecule is CN(C)c1ccnc(N[C@H]2CC[C@@H](CNC(=O)Cc3cccc4ccccc34)CC2)n1. The predicted octanol–water partition coefficient (Wildman–Crippen LogP) is 4.03. The molecule has 0 atom stereocenters. The minimum absolute atomic E-state index is 0.102. The number of carbonyl (C=O) groups excluding carboxylic acids is 1. The van der Waals surface area contributed by atoms with E-state index in [-0.39, 0.29) is 5.91 Å². The lowest BCUT2D eigenvalue weighted by molar-refractivity contribution is -0.120. The Morgan fingerprint density at radius 3 is 2.61 bits per heavy atom. The van der Waals surface area contributed by atoms with E-state index in [9.17, 15) is 4.79 Å². The summed E-state index contributed by atoms with van der Waals surface area (Å²) < 4.78 is 0. The number of hydrogen-bond donors (Lipinski definition) is 2. The van der Waals surface area contributed by atoms with E-state index >= 15 is 0 Å². The largest absolute Gasteiger partial charge is 0.363 e. The molecule has 6 nitrogen and oxygen atoms in total. The Hall–Kier alpha value is -3.15. The van der Waals surface area contributed by atoms with Gasteiger partial charge in [-0.2, -0.15) is 4.98 Å². The second kappa shape index (κ2) is 9.77. The molecule has 6 heteroatoms. The monoisotopic (exact) mass is 417 g/mol. The quantitative estimate of drug-likeness (QED) is 0.607. The first-order valence-corrected chi connectivity index (χ1v) is 11.1. The molecule has 1 fully saturated rings. The van der Waals surface area contributed by atoms with Crippen molar-refractivity contribution in [1.29, 1.82) is 0 Å². The van der Waals surface area contributed by atoms with Crippen molar-refractivity contribution >= 4 is 28.4 Å². The number of anilines is 2. The average molecular weight is 418 g/mol. The molecule has 0 aliphatic heterocycles. The molecule has 0 unspecified atom stereocenters. The maximum Gasteiger partial charge on any atom is 0.224 e. The lowest BCUT2D eigenvalue weighted by Crippen LogP contribution is -2.34. The second-order valence-corrected chi connectivity index (χ2v) is 8.61. The van der Waals surface area contributed by atoms with Gasteiger partial charge in [-0.25, -0.2) is 4.98 Å². The number of benzene rings is 2. The van der Waals surface area contributed by atoms with Gasteiger partial charge in [0, 0.05) is 32.9 Å². The molecule has 0 spiro atoms. The highest BCUT2D eigenvalue weighted by Gasteiger charge is 2.22. The fourth-order valence-corrected chi connectivity index (χ4v) is 4.30. The Balaban J connectivity index is 1.23. The van der Waals surface area contributed by atoms with Crippen molar-refractivity contribution in [3.63, 3.8) is 0 Å². The topological polar surface area (TPSA) is 70.2 Å². The molecular formula is C25H31N5O. The molecule has 3 aromatic rings. The molecule has 2 N–H and O–H groups in total. The molecule has 0 bridgehead atoms. The highest BCUT2D eigenvalue weighted by molar-refractivity contribution is 5.90. The van der Waals surface area contributed by atoms with Crippen LogP contribution in [0.25, 0.3) is 10.8 Å². The third-order valence-electron chi connectivity index (χ3n) is 6.10. The number of carbonyl (C=O) groups is 1. The summed E-state index contributed by atoms with van der Waals surface area (Å²) in [6.07, 6.45) is 6.55. The zero-order valence-electron chi connectivity index (χ0n) is 18.3. The molecule has 1 amide bonds. The molecule has 1 saturated carbocycles. The third-order valence-corrected chi connectivity index (χ3v) is 6.10. The zero-order chi connectivity index (χ0) is 21.6. The van der Waals surface area contributed by atoms with Crippen LogP contribution in [-0.2, 0) is 11.2 Å². The number of nitrogens with zero attached hydrogens (tertiary/aromatic N) is 3. The number of rotatable bonds is 7. The number of fused-ring (bicyclic) bond motifs is 1. The minimum Gasteiger partial charge on any atom is -0.363 e. The summed E-state index contributed by atoms with van der Waals surface area (Å²) in [5, 5.41) is 8.97. The zero-order valence-corrected chi connectivity index (χ0v) is 18.3. The molecule has 0 saturated heterocycles. The van der Waals surface area contributed by atoms with E-state index in [1.54, 1.807) is 6.20 Å². The smallest absolute Gasteiger partial charge is 0.224 e. The van der Waals surface area contributed by atoms with Crippen molar-refractivity contribution in [3.8, 4) is 0 Å². The van der Waals surface area contributed by atoms with Crippen LogP contribution in [-0.4, -0.2) is 42.6 Å². The van der Waals surface area contributed by atoms with E-state index in [0.717, 1.165) is 49.0 Å². The highest BCUT2D eigenvalue weighted by Crippen LogP contribution is 2.26. The fraction of sp³-hybridized carbons (Fsp3) is 0.400. The maximum absolute atomic E-state index is 12.5. The van der Waals surface area contributed by atoms with Crippen LogP contribution >= 0.6 is 0 Å². The summed E-state index contributed by atoms with van der Waals surface area (Å²) in [4.78, 5) is 23.4. The molecular weight excluding hydrogens is 386 g/mol. The van der Waals surface area contributed by atoms with Crippen LogP contribution in [0.15, 0.2) is 54.7 Å². The number of nitrogens with one attached hydrogen (secondary N) is 2. The summed E-state index contributed by atoms with van der Waals surface area (Å²) in [5.74, 6) is 2.23. The molecule has 1 aliphatic carbocycles. The average Bonchev–Trinajstić information content (AvgIpc) is 2.79. The van der Waals surface area contributed by atoms with Crippen molar-refractivity contribution in [1.82, 2.24) is 15.3 Å². The van der Waals surface area contributed by atoms with Crippen molar-refractivity contribution < 1.29 is 4.79 Å². The van der Waals surface area contributed by atoms with Crippen molar-refractivity contribution in [2.24, 2.45) is 5.92 Å². The van der Waals surface area contributed by atoms with Crippen molar-refractivity contribution in [2.75, 3.05) is 30.9 Å². The molecule has 4 rings (SSSR count). The minimum atomic E-state index is 0.102. The van der Waals surface area contributed by atoms with Crippen LogP contribution in [0.3, 0.4) is 0 Å². The van der Waals surface area contributed by atoms with Gasteiger partial charge in [-0.3, -0.25) is 4.79 Å². The molecule has 1 heterocycles. The van der Waals surface area contributed by atoms with Gasteiger partial charge in [0.25, 0.3) is 0 Å². The van der Waals surface area contributed by atoms with Crippen molar-refractivity contribution in [3.05, 3.63) is 60.3 Å². The summed E-state index contributed by atoms with van der Waals surface area (Å²) in [6, 6.07) is 16.7. The van der Waals surface area contributed by atoms with E-state index in [1.165, 1.54) is 5.39 Å². The Morgan fingerprint density at radius 1 is 1.03 bits per heavy atom. The molecule has 2 aromatic carbocycles. The summed E-state index contributed by atoms with van der Waals surface area (Å²) in [5.41, 5.74) is 1.09. The Kier molecular flexibility index (Phi) is 6.65. The Labute approximate surface area is 184 Å². The van der Waals surface area contributed by atoms with Gasteiger partial charge in [-0.1, -0.05) is 42.5 Å². The lowest BCUT2D eigenvalue weighted by Gasteiger charge is -2.29. The van der Waals surface area contributed by atoms with Gasteiger partial charge >= 0.3 is 0 Å². The molecule has 1 aromatic heterocycles. The Bertz CT molecular complexity index is 1020. The first-order valence-electron chi connectivity index (χ1n) is 11.1. The van der Waals surface area contributed by atoms with Crippen LogP contribution in [0.4, 0.5) is 11.8 Å². The van der Waals surface area contributed by atoms with E-state index in [2.05, 4.69) is 38.8 Å². The van der Waals surface area contributed by atoms with Gasteiger partial charge in [0.15, 0.2) is 0 Å². The molecule has 162 valence electrons. The third kappa shape index (κ3) is 5.51. The predicted molar refractivity (Wildman–Crippen MR) is 126 cm³/mol. The molecule has 31 heavy (non-hydrogen) atoms. The first-order chi connectivity index (χ1) is 15.1. The van der Waals surface area contributed by atoms with Crippen molar-refractivity contribution in [2.45, 2.75) is 38.1 Å². The standard InChI is InChI=1S/C25H31N5O/c1-30(2)23-14-15-26-25(29-23)28-21-12-10-18(11-13-21)17-27-24(31)16-20-8-5-7-19-6-3-4-9-22(19)20/h3-9,14-15,18,21H,10-13,16-17H2,1-2H3,(H,27,31)(H,26,28,29)/t18-,21+. The maximum atomic E-state index is 12.5. The van der Waals surface area contributed by atoms with Crippen LogP contribution < -0.4 is 15.5 Å². The van der Waals surface area contributed by atoms with Gasteiger partial charge in [0.2, 0.25) is 11.9 Å². The van der Waals surface area contributed by atoms with E-state index < -0.39 is 0 Å². The summed E-state index contributed by atoms with van der Waals surface area (Å²) >= 11 is 0.